The Hall–Kier alpha value is -6.01. The van der Waals surface area contributed by atoms with E-state index >= 15 is 0 Å². The second-order valence-corrected chi connectivity index (χ2v) is 15.1. The molecule has 0 aliphatic heterocycles. The summed E-state index contributed by atoms with van der Waals surface area (Å²) in [5, 5.41) is 44.8. The number of amides is 8. The highest BCUT2D eigenvalue weighted by atomic mass is 31.2. The van der Waals surface area contributed by atoms with Gasteiger partial charge in [-0.15, -0.1) is 0 Å². The third-order valence-electron chi connectivity index (χ3n) is 7.97. The van der Waals surface area contributed by atoms with Crippen molar-refractivity contribution in [3.05, 3.63) is 35.9 Å². The highest BCUT2D eigenvalue weighted by molar-refractivity contribution is 7.51. The minimum Gasteiger partial charge on any atom is -0.481 e. The van der Waals surface area contributed by atoms with Crippen molar-refractivity contribution in [2.45, 2.75) is 82.3 Å². The first-order chi connectivity index (χ1) is 27.9. The number of aliphatic carboxylic acids is 2. The van der Waals surface area contributed by atoms with Gasteiger partial charge >= 0.3 is 19.5 Å². The van der Waals surface area contributed by atoms with Crippen LogP contribution in [-0.2, 0) is 63.5 Å². The molecule has 0 heterocycles. The van der Waals surface area contributed by atoms with E-state index in [1.165, 1.54) is 13.8 Å². The Bertz CT molecular complexity index is 1760. The van der Waals surface area contributed by atoms with Gasteiger partial charge in [-0.25, -0.2) is 4.79 Å². The molecule has 25 nitrogen and oxygen atoms in total. The summed E-state index contributed by atoms with van der Waals surface area (Å²) < 4.78 is 16.7. The van der Waals surface area contributed by atoms with Crippen molar-refractivity contribution >= 4 is 66.8 Å². The normalized spacial score (nSPS) is 15.3. The van der Waals surface area contributed by atoms with Crippen LogP contribution in [0.4, 0.5) is 0 Å². The Kier molecular flexibility index (Phi) is 22.1. The van der Waals surface area contributed by atoms with Crippen LogP contribution < -0.4 is 48.3 Å². The molecule has 334 valence electrons. The summed E-state index contributed by atoms with van der Waals surface area (Å²) in [6.45, 7) is 1.11. The minimum absolute atomic E-state index is 0.148. The largest absolute Gasteiger partial charge is 0.481 e. The second-order valence-electron chi connectivity index (χ2n) is 13.3. The first kappa shape index (κ1) is 52.0. The summed E-state index contributed by atoms with van der Waals surface area (Å²) in [4.78, 5) is 133. The van der Waals surface area contributed by atoms with Gasteiger partial charge in [-0.3, -0.25) is 47.7 Å². The Morgan fingerprint density at radius 2 is 1.15 bits per heavy atom. The quantitative estimate of drug-likeness (QED) is 0.0386. The lowest BCUT2D eigenvalue weighted by molar-refractivity contribution is -0.143. The van der Waals surface area contributed by atoms with E-state index in [4.69, 9.17) is 20.5 Å². The average molecular weight is 874 g/mol. The lowest BCUT2D eigenvalue weighted by atomic mass is 10.1. The molecule has 1 aromatic carbocycles. The van der Waals surface area contributed by atoms with E-state index in [9.17, 15) is 62.5 Å². The van der Waals surface area contributed by atoms with E-state index < -0.39 is 148 Å². The third kappa shape index (κ3) is 20.6. The standard InChI is InChI=1S/C34H52N9O16P/c1-17(28(49)36-13-25(45)38-18(2)29(50)39-19(3)30(51)42-23(15-44)34(55)56)40-33(54)24(16-59-60(4,57)58)43-32(53)22(10-11-27(47)48)41-26(46)14-37-31(52)21(35)12-20-8-6-5-7-9-20/h5-9,17-19,21-24,44H,10-16,35H2,1-4H3,(H,36,49)(H,37,52)(H,38,45)(H,39,50)(H,40,54)(H,41,46)(H,42,51)(H,43,53)(H,47,48)(H,55,56)(H,57,58)/t17-,18-,19-,21-,22?,23-,24-/m0/s1. The predicted octanol–water partition coefficient (Wildman–Crippen LogP) is -5.47. The maximum Gasteiger partial charge on any atom is 0.328 e. The molecule has 8 amide bonds. The molecule has 8 atom stereocenters. The molecule has 1 aromatic rings. The minimum atomic E-state index is -4.27. The molecule has 2 unspecified atom stereocenters. The van der Waals surface area contributed by atoms with Crippen LogP contribution in [0.3, 0.4) is 0 Å². The predicted molar refractivity (Wildman–Crippen MR) is 206 cm³/mol. The van der Waals surface area contributed by atoms with Crippen molar-refractivity contribution < 1.29 is 77.2 Å². The summed E-state index contributed by atoms with van der Waals surface area (Å²) in [6.07, 6.45) is -1.01. The number of hydrogen-bond donors (Lipinski definition) is 13. The van der Waals surface area contributed by atoms with Gasteiger partial charge in [-0.05, 0) is 39.2 Å². The molecule has 60 heavy (non-hydrogen) atoms. The van der Waals surface area contributed by atoms with Crippen LogP contribution in [0.2, 0.25) is 0 Å². The topological polar surface area (TPSA) is 400 Å². The smallest absolute Gasteiger partial charge is 0.328 e. The van der Waals surface area contributed by atoms with Crippen LogP contribution in [0.25, 0.3) is 0 Å². The van der Waals surface area contributed by atoms with Crippen molar-refractivity contribution in [1.82, 2.24) is 42.5 Å². The number of carboxylic acids is 2. The molecule has 0 spiro atoms. The highest BCUT2D eigenvalue weighted by Crippen LogP contribution is 2.36. The van der Waals surface area contributed by atoms with Crippen LogP contribution in [0.1, 0.15) is 39.2 Å². The van der Waals surface area contributed by atoms with Crippen LogP contribution >= 0.6 is 7.60 Å². The summed E-state index contributed by atoms with van der Waals surface area (Å²) in [6, 6.07) is -1.34. The van der Waals surface area contributed by atoms with Gasteiger partial charge in [0.05, 0.1) is 32.3 Å². The van der Waals surface area contributed by atoms with Gasteiger partial charge in [0.25, 0.3) is 0 Å². The Balaban J connectivity index is 2.86. The number of carbonyl (C=O) groups is 10. The maximum absolute atomic E-state index is 13.3. The molecule has 0 saturated heterocycles. The number of aliphatic hydroxyl groups excluding tert-OH is 1. The zero-order valence-corrected chi connectivity index (χ0v) is 34.0. The number of nitrogens with two attached hydrogens (primary N) is 1. The van der Waals surface area contributed by atoms with Gasteiger partial charge in [-0.1, -0.05) is 30.3 Å². The van der Waals surface area contributed by atoms with Crippen LogP contribution in [0.5, 0.6) is 0 Å². The van der Waals surface area contributed by atoms with E-state index in [0.29, 0.717) is 0 Å². The van der Waals surface area contributed by atoms with E-state index in [-0.39, 0.29) is 6.42 Å². The van der Waals surface area contributed by atoms with Gasteiger partial charge in [-0.2, -0.15) is 0 Å². The number of carboxylic acid groups (broad SMARTS) is 2. The number of nitrogens with one attached hydrogen (secondary N) is 8. The SMILES string of the molecule is C[C@H](NC(=O)CNC(=O)[C@H](C)NC(=O)[C@H](COP(C)(=O)O)NC(=O)C(CCC(=O)O)NC(=O)CNC(=O)[C@@H](N)Cc1ccccc1)C(=O)N[C@@H](C)C(=O)N[C@@H](CO)C(=O)O. The number of hydrogen-bond acceptors (Lipinski definition) is 14. The fourth-order valence-electron chi connectivity index (χ4n) is 4.65. The highest BCUT2D eigenvalue weighted by Gasteiger charge is 2.31. The Morgan fingerprint density at radius 3 is 1.70 bits per heavy atom. The second kappa shape index (κ2) is 25.5. The first-order valence-electron chi connectivity index (χ1n) is 18.1. The lowest BCUT2D eigenvalue weighted by Crippen LogP contribution is -2.58. The fourth-order valence-corrected chi connectivity index (χ4v) is 5.08. The average Bonchev–Trinajstić information content (AvgIpc) is 3.17. The summed E-state index contributed by atoms with van der Waals surface area (Å²) >= 11 is 0. The molecule has 1 rings (SSSR count). The molecule has 0 fully saturated rings. The van der Waals surface area contributed by atoms with E-state index in [1.54, 1.807) is 30.3 Å². The van der Waals surface area contributed by atoms with Gasteiger partial charge in [0.2, 0.25) is 47.3 Å². The molecule has 0 saturated carbocycles. The fraction of sp³-hybridized carbons (Fsp3) is 0.529. The van der Waals surface area contributed by atoms with Gasteiger partial charge in [0, 0.05) is 13.1 Å². The summed E-state index contributed by atoms with van der Waals surface area (Å²) in [7, 11) is -4.27. The molecular weight excluding hydrogens is 821 g/mol. The van der Waals surface area contributed by atoms with Crippen LogP contribution in [-0.4, -0.2) is 155 Å². The monoisotopic (exact) mass is 873 g/mol. The number of aliphatic hydroxyl groups is 1. The van der Waals surface area contributed by atoms with Crippen molar-refractivity contribution in [2.24, 2.45) is 5.73 Å². The number of benzene rings is 1. The lowest BCUT2D eigenvalue weighted by Gasteiger charge is -2.24. The number of rotatable bonds is 26. The summed E-state index contributed by atoms with van der Waals surface area (Å²) in [5.41, 5.74) is 6.67. The van der Waals surface area contributed by atoms with Crippen molar-refractivity contribution in [1.29, 1.82) is 0 Å². The van der Waals surface area contributed by atoms with E-state index in [0.717, 1.165) is 19.2 Å². The molecular formula is C34H52N9O16P. The molecule has 0 aliphatic rings. The zero-order chi connectivity index (χ0) is 45.7. The Morgan fingerprint density at radius 1 is 0.667 bits per heavy atom. The van der Waals surface area contributed by atoms with Gasteiger partial charge < -0.3 is 73.0 Å². The van der Waals surface area contributed by atoms with Gasteiger partial charge in [0.15, 0.2) is 0 Å². The molecule has 26 heteroatoms. The molecule has 0 aromatic heterocycles. The van der Waals surface area contributed by atoms with Crippen molar-refractivity contribution in [3.63, 3.8) is 0 Å². The van der Waals surface area contributed by atoms with Crippen molar-refractivity contribution in [2.75, 3.05) is 33.0 Å². The van der Waals surface area contributed by atoms with Gasteiger partial charge in [0.1, 0.15) is 36.3 Å². The van der Waals surface area contributed by atoms with Crippen LogP contribution in [0, 0.1) is 0 Å². The first-order valence-corrected chi connectivity index (χ1v) is 20.1. The maximum atomic E-state index is 13.3. The molecule has 0 bridgehead atoms. The van der Waals surface area contributed by atoms with E-state index in [1.807, 2.05) is 5.32 Å². The molecule has 0 aliphatic carbocycles. The number of carbonyl (C=O) groups excluding carboxylic acids is 8. The van der Waals surface area contributed by atoms with Crippen LogP contribution in [0.15, 0.2) is 30.3 Å². The third-order valence-corrected chi connectivity index (χ3v) is 8.59. The Labute approximate surface area is 343 Å². The van der Waals surface area contributed by atoms with Crippen molar-refractivity contribution in [3.8, 4) is 0 Å². The molecule has 14 N–H and O–H groups in total. The molecule has 0 radical (unpaired) electrons. The summed E-state index contributed by atoms with van der Waals surface area (Å²) in [5.74, 6) is -10.5. The van der Waals surface area contributed by atoms with E-state index in [2.05, 4.69) is 37.2 Å². The zero-order valence-electron chi connectivity index (χ0n) is 33.1.